The van der Waals surface area contributed by atoms with E-state index in [0.717, 1.165) is 38.2 Å². The highest BCUT2D eigenvalue weighted by Crippen LogP contribution is 2.24. The van der Waals surface area contributed by atoms with E-state index < -0.39 is 0 Å². The molecule has 0 unspecified atom stereocenters. The van der Waals surface area contributed by atoms with Crippen molar-refractivity contribution in [2.75, 3.05) is 31.1 Å². The third-order valence-electron chi connectivity index (χ3n) is 5.81. The highest BCUT2D eigenvalue weighted by Gasteiger charge is 2.31. The van der Waals surface area contributed by atoms with E-state index in [1.54, 1.807) is 9.80 Å². The molecule has 1 heterocycles. The number of amides is 3. The molecular weight excluding hydrogens is 352 g/mol. The first kappa shape index (κ1) is 22.2. The maximum Gasteiger partial charge on any atom is 0.315 e. The smallest absolute Gasteiger partial charge is 0.315 e. The van der Waals surface area contributed by atoms with Crippen molar-refractivity contribution in [1.29, 1.82) is 0 Å². The molecule has 1 aliphatic heterocycles. The molecule has 3 amide bonds. The van der Waals surface area contributed by atoms with Gasteiger partial charge in [0.2, 0.25) is 5.91 Å². The van der Waals surface area contributed by atoms with Gasteiger partial charge in [-0.05, 0) is 70.7 Å². The molecule has 6 nitrogen and oxygen atoms in total. The third-order valence-corrected chi connectivity index (χ3v) is 5.81. The van der Waals surface area contributed by atoms with Crippen molar-refractivity contribution in [2.24, 2.45) is 0 Å². The number of nitrogens with zero attached hydrogens (tertiary/aromatic N) is 1. The Morgan fingerprint density at radius 1 is 1.25 bits per heavy atom. The summed E-state index contributed by atoms with van der Waals surface area (Å²) in [4.78, 5) is 28.1. The minimum Gasteiger partial charge on any atom is -0.336 e. The number of hydrogen-bond donors (Lipinski definition) is 3. The maximum absolute atomic E-state index is 12.4. The Morgan fingerprint density at radius 3 is 2.61 bits per heavy atom. The van der Waals surface area contributed by atoms with Crippen LogP contribution in [0.15, 0.2) is 18.2 Å². The molecule has 6 heteroatoms. The Bertz CT molecular complexity index is 673. The minimum atomic E-state index is -0.178. The quantitative estimate of drug-likeness (QED) is 0.603. The number of urea groups is 1. The van der Waals surface area contributed by atoms with Crippen LogP contribution < -0.4 is 20.4 Å². The molecule has 1 aliphatic rings. The molecule has 0 bridgehead atoms. The van der Waals surface area contributed by atoms with Gasteiger partial charge < -0.3 is 20.4 Å². The summed E-state index contributed by atoms with van der Waals surface area (Å²) in [5.41, 5.74) is 3.28. The molecule has 0 aromatic heterocycles. The van der Waals surface area contributed by atoms with Crippen LogP contribution >= 0.6 is 0 Å². The van der Waals surface area contributed by atoms with Crippen molar-refractivity contribution >= 4 is 17.6 Å². The van der Waals surface area contributed by atoms with Crippen molar-refractivity contribution in [1.82, 2.24) is 10.6 Å². The monoisotopic (exact) mass is 389 g/mol. The highest BCUT2D eigenvalue weighted by atomic mass is 16.2. The summed E-state index contributed by atoms with van der Waals surface area (Å²) in [7, 11) is 0. The lowest BCUT2D eigenvalue weighted by atomic mass is 10.1. The first-order valence-electron chi connectivity index (χ1n) is 10.6. The average molecular weight is 390 g/mol. The van der Waals surface area contributed by atoms with Gasteiger partial charge in [-0.3, -0.25) is 4.79 Å². The molecule has 156 valence electrons. The largest absolute Gasteiger partial charge is 0.336 e. The zero-order chi connectivity index (χ0) is 20.7. The van der Waals surface area contributed by atoms with E-state index in [0.29, 0.717) is 13.0 Å². The van der Waals surface area contributed by atoms with Crippen LogP contribution in [0.25, 0.3) is 0 Å². The Balaban J connectivity index is 1.78. The van der Waals surface area contributed by atoms with E-state index in [-0.39, 0.29) is 24.0 Å². The van der Waals surface area contributed by atoms with E-state index in [1.165, 1.54) is 11.1 Å². The second-order valence-corrected chi connectivity index (χ2v) is 8.04. The molecule has 1 fully saturated rings. The lowest BCUT2D eigenvalue weighted by Crippen LogP contribution is -3.11. The van der Waals surface area contributed by atoms with Crippen LogP contribution in [0.5, 0.6) is 0 Å². The molecule has 1 saturated heterocycles. The number of aryl methyl sites for hydroxylation is 2. The molecule has 0 saturated carbocycles. The minimum absolute atomic E-state index is 0.0591. The van der Waals surface area contributed by atoms with Gasteiger partial charge in [0.25, 0.3) is 0 Å². The molecular formula is C22H37N4O2+. The zero-order valence-electron chi connectivity index (χ0n) is 18.1. The van der Waals surface area contributed by atoms with Crippen LogP contribution in [-0.4, -0.2) is 50.2 Å². The summed E-state index contributed by atoms with van der Waals surface area (Å²) >= 11 is 0. The van der Waals surface area contributed by atoms with Crippen LogP contribution in [0.4, 0.5) is 10.5 Å². The van der Waals surface area contributed by atoms with Crippen molar-refractivity contribution in [2.45, 2.75) is 66.0 Å². The van der Waals surface area contributed by atoms with Crippen LogP contribution in [0.2, 0.25) is 0 Å². The average Bonchev–Trinajstić information content (AvgIpc) is 3.01. The number of carbonyl (C=O) groups excluding carboxylic acids is 2. The van der Waals surface area contributed by atoms with Gasteiger partial charge in [0, 0.05) is 24.7 Å². The van der Waals surface area contributed by atoms with E-state index in [9.17, 15) is 9.59 Å². The second kappa shape index (κ2) is 10.5. The van der Waals surface area contributed by atoms with Gasteiger partial charge in [0.1, 0.15) is 0 Å². The summed E-state index contributed by atoms with van der Waals surface area (Å²) in [6, 6.07) is 5.84. The Kier molecular flexibility index (Phi) is 8.30. The Labute approximate surface area is 169 Å². The van der Waals surface area contributed by atoms with Crippen molar-refractivity contribution in [3.8, 4) is 0 Å². The standard InChI is InChI=1S/C22H36N4O2/c1-6-25(7-2)12-8-9-18(5)23-22(28)24-19-14-21(27)26(15-19)20-11-10-16(3)17(4)13-20/h10-11,13,18-19H,6-9,12,14-15H2,1-5H3,(H2,23,24,28)/p+1/t18-,19+/m0/s1. The van der Waals surface area contributed by atoms with Crippen LogP contribution in [0, 0.1) is 13.8 Å². The third kappa shape index (κ3) is 6.23. The normalized spacial score (nSPS) is 17.9. The summed E-state index contributed by atoms with van der Waals surface area (Å²) in [5.74, 6) is 0.0591. The summed E-state index contributed by atoms with van der Waals surface area (Å²) in [6.45, 7) is 14.5. The molecule has 1 aromatic carbocycles. The predicted molar refractivity (Wildman–Crippen MR) is 114 cm³/mol. The first-order valence-corrected chi connectivity index (χ1v) is 10.6. The molecule has 2 rings (SSSR count). The fourth-order valence-electron chi connectivity index (χ4n) is 3.73. The number of anilines is 1. The number of hydrogen-bond acceptors (Lipinski definition) is 2. The van der Waals surface area contributed by atoms with Crippen molar-refractivity contribution in [3.63, 3.8) is 0 Å². The Hall–Kier alpha value is -2.08. The van der Waals surface area contributed by atoms with E-state index in [2.05, 4.69) is 31.4 Å². The maximum atomic E-state index is 12.4. The molecule has 3 N–H and O–H groups in total. The number of rotatable bonds is 9. The molecule has 28 heavy (non-hydrogen) atoms. The molecule has 2 atom stereocenters. The Morgan fingerprint density at radius 2 is 1.96 bits per heavy atom. The van der Waals surface area contributed by atoms with E-state index in [4.69, 9.17) is 0 Å². The fraction of sp³-hybridized carbons (Fsp3) is 0.636. The molecule has 0 radical (unpaired) electrons. The van der Waals surface area contributed by atoms with Gasteiger partial charge in [0.15, 0.2) is 0 Å². The van der Waals surface area contributed by atoms with Gasteiger partial charge in [-0.25, -0.2) is 4.79 Å². The van der Waals surface area contributed by atoms with Gasteiger partial charge in [-0.2, -0.15) is 0 Å². The van der Waals surface area contributed by atoms with E-state index in [1.807, 2.05) is 32.0 Å². The fourth-order valence-corrected chi connectivity index (χ4v) is 3.73. The van der Waals surface area contributed by atoms with Crippen LogP contribution in [0.3, 0.4) is 0 Å². The highest BCUT2D eigenvalue weighted by molar-refractivity contribution is 5.96. The molecule has 0 spiro atoms. The second-order valence-electron chi connectivity index (χ2n) is 8.04. The predicted octanol–water partition coefficient (Wildman–Crippen LogP) is 1.80. The van der Waals surface area contributed by atoms with Crippen molar-refractivity contribution in [3.05, 3.63) is 29.3 Å². The van der Waals surface area contributed by atoms with E-state index >= 15 is 0 Å². The topological polar surface area (TPSA) is 65.9 Å². The van der Waals surface area contributed by atoms with Gasteiger partial charge >= 0.3 is 6.03 Å². The number of carbonyl (C=O) groups is 2. The SMILES string of the molecule is CC[NH+](CC)CCC[C@H](C)NC(=O)N[C@@H]1CC(=O)N(c2ccc(C)c(C)c2)C1. The number of quaternary nitrogens is 1. The van der Waals surface area contributed by atoms with Gasteiger partial charge in [0.05, 0.1) is 25.7 Å². The van der Waals surface area contributed by atoms with Crippen molar-refractivity contribution < 1.29 is 14.5 Å². The van der Waals surface area contributed by atoms with Crippen LogP contribution in [0.1, 0.15) is 51.2 Å². The number of nitrogens with one attached hydrogen (secondary N) is 3. The van der Waals surface area contributed by atoms with Gasteiger partial charge in [-0.15, -0.1) is 0 Å². The summed E-state index contributed by atoms with van der Waals surface area (Å²) in [5, 5.41) is 5.98. The van der Waals surface area contributed by atoms with Crippen LogP contribution in [-0.2, 0) is 4.79 Å². The molecule has 1 aromatic rings. The first-order chi connectivity index (χ1) is 13.3. The molecule has 0 aliphatic carbocycles. The number of benzene rings is 1. The lowest BCUT2D eigenvalue weighted by Gasteiger charge is -2.20. The lowest BCUT2D eigenvalue weighted by molar-refractivity contribution is -0.896. The summed E-state index contributed by atoms with van der Waals surface area (Å²) in [6.07, 6.45) is 2.41. The summed E-state index contributed by atoms with van der Waals surface area (Å²) < 4.78 is 0. The zero-order valence-corrected chi connectivity index (χ0v) is 18.1. The van der Waals surface area contributed by atoms with Gasteiger partial charge in [-0.1, -0.05) is 6.07 Å².